The van der Waals surface area contributed by atoms with E-state index >= 15 is 0 Å². The highest BCUT2D eigenvalue weighted by atomic mass is 19.1. The fourth-order valence-electron chi connectivity index (χ4n) is 1.94. The molecule has 2 aromatic carbocycles. The molecule has 0 atom stereocenters. The summed E-state index contributed by atoms with van der Waals surface area (Å²) < 4.78 is 19.0. The summed E-state index contributed by atoms with van der Waals surface area (Å²) in [4.78, 5) is 0. The van der Waals surface area contributed by atoms with Crippen LogP contribution in [0.3, 0.4) is 0 Å². The van der Waals surface area contributed by atoms with E-state index in [1.54, 1.807) is 6.07 Å². The van der Waals surface area contributed by atoms with E-state index in [4.69, 9.17) is 4.74 Å². The Morgan fingerprint density at radius 2 is 1.79 bits per heavy atom. The van der Waals surface area contributed by atoms with E-state index in [9.17, 15) is 4.39 Å². The standard InChI is InChI=1S/C16H18FNO/c1-11-4-6-14(17)9-16(11)19-15-7-5-13(10-18-3)8-12(15)2/h4-9,18H,10H2,1-3H3. The second kappa shape index (κ2) is 5.85. The number of hydrogen-bond donors (Lipinski definition) is 1. The van der Waals surface area contributed by atoms with Gasteiger partial charge in [-0.2, -0.15) is 0 Å². The molecule has 0 aliphatic heterocycles. The summed E-state index contributed by atoms with van der Waals surface area (Å²) in [6.45, 7) is 4.71. The fourth-order valence-corrected chi connectivity index (χ4v) is 1.94. The summed E-state index contributed by atoms with van der Waals surface area (Å²) in [6.07, 6.45) is 0. The Morgan fingerprint density at radius 1 is 1.00 bits per heavy atom. The van der Waals surface area contributed by atoms with Crippen molar-refractivity contribution in [1.29, 1.82) is 0 Å². The Hall–Kier alpha value is -1.87. The smallest absolute Gasteiger partial charge is 0.133 e. The number of nitrogens with one attached hydrogen (secondary N) is 1. The minimum atomic E-state index is -0.287. The minimum absolute atomic E-state index is 0.287. The van der Waals surface area contributed by atoms with Crippen LogP contribution in [-0.2, 0) is 6.54 Å². The molecule has 100 valence electrons. The van der Waals surface area contributed by atoms with Crippen LogP contribution in [0, 0.1) is 19.7 Å². The average Bonchev–Trinajstić information content (AvgIpc) is 2.37. The van der Waals surface area contributed by atoms with Crippen molar-refractivity contribution in [2.75, 3.05) is 7.05 Å². The monoisotopic (exact) mass is 259 g/mol. The van der Waals surface area contributed by atoms with Crippen LogP contribution in [-0.4, -0.2) is 7.05 Å². The lowest BCUT2D eigenvalue weighted by atomic mass is 10.1. The van der Waals surface area contributed by atoms with E-state index < -0.39 is 0 Å². The van der Waals surface area contributed by atoms with Crippen LogP contribution in [0.2, 0.25) is 0 Å². The molecule has 0 aliphatic carbocycles. The largest absolute Gasteiger partial charge is 0.457 e. The molecule has 0 aromatic heterocycles. The molecule has 2 aromatic rings. The Kier molecular flexibility index (Phi) is 4.17. The van der Waals surface area contributed by atoms with Crippen molar-refractivity contribution in [3.05, 3.63) is 58.9 Å². The van der Waals surface area contributed by atoms with Gasteiger partial charge in [-0.05, 0) is 49.7 Å². The Balaban J connectivity index is 2.25. The van der Waals surface area contributed by atoms with Gasteiger partial charge in [0.25, 0.3) is 0 Å². The van der Waals surface area contributed by atoms with Gasteiger partial charge >= 0.3 is 0 Å². The maximum atomic E-state index is 13.2. The van der Waals surface area contributed by atoms with Gasteiger partial charge in [0, 0.05) is 12.6 Å². The van der Waals surface area contributed by atoms with E-state index in [1.165, 1.54) is 17.7 Å². The molecular formula is C16H18FNO. The first-order valence-electron chi connectivity index (χ1n) is 6.28. The van der Waals surface area contributed by atoms with Gasteiger partial charge in [-0.25, -0.2) is 4.39 Å². The summed E-state index contributed by atoms with van der Waals surface area (Å²) in [7, 11) is 1.91. The highest BCUT2D eigenvalue weighted by molar-refractivity contribution is 5.42. The van der Waals surface area contributed by atoms with Crippen LogP contribution >= 0.6 is 0 Å². The molecule has 2 nitrogen and oxygen atoms in total. The molecule has 0 saturated carbocycles. The molecule has 0 aliphatic rings. The van der Waals surface area contributed by atoms with E-state index in [1.807, 2.05) is 33.0 Å². The average molecular weight is 259 g/mol. The lowest BCUT2D eigenvalue weighted by molar-refractivity contribution is 0.469. The van der Waals surface area contributed by atoms with Crippen LogP contribution < -0.4 is 10.1 Å². The molecule has 0 bridgehead atoms. The van der Waals surface area contributed by atoms with Gasteiger partial charge in [0.15, 0.2) is 0 Å². The molecule has 3 heteroatoms. The summed E-state index contributed by atoms with van der Waals surface area (Å²) >= 11 is 0. The van der Waals surface area contributed by atoms with E-state index in [-0.39, 0.29) is 5.82 Å². The molecular weight excluding hydrogens is 241 g/mol. The second-order valence-electron chi connectivity index (χ2n) is 4.64. The quantitative estimate of drug-likeness (QED) is 0.897. The van der Waals surface area contributed by atoms with E-state index in [0.29, 0.717) is 5.75 Å². The Labute approximate surface area is 113 Å². The lowest BCUT2D eigenvalue weighted by Crippen LogP contribution is -2.05. The van der Waals surface area contributed by atoms with Crippen LogP contribution in [0.5, 0.6) is 11.5 Å². The van der Waals surface area contributed by atoms with Gasteiger partial charge in [0.05, 0.1) is 0 Å². The van der Waals surface area contributed by atoms with Crippen molar-refractivity contribution in [3.8, 4) is 11.5 Å². The molecule has 0 amide bonds. The number of rotatable bonds is 4. The van der Waals surface area contributed by atoms with Gasteiger partial charge in [-0.3, -0.25) is 0 Å². The summed E-state index contributed by atoms with van der Waals surface area (Å²) in [6, 6.07) is 10.6. The van der Waals surface area contributed by atoms with Crippen molar-refractivity contribution in [1.82, 2.24) is 5.32 Å². The molecule has 1 N–H and O–H groups in total. The third-order valence-electron chi connectivity index (χ3n) is 2.99. The van der Waals surface area contributed by atoms with Gasteiger partial charge in [0.2, 0.25) is 0 Å². The Bertz CT molecular complexity index is 581. The van der Waals surface area contributed by atoms with Crippen LogP contribution in [0.25, 0.3) is 0 Å². The fraction of sp³-hybridized carbons (Fsp3) is 0.250. The van der Waals surface area contributed by atoms with E-state index in [0.717, 1.165) is 23.4 Å². The van der Waals surface area contributed by atoms with Crippen molar-refractivity contribution in [2.45, 2.75) is 20.4 Å². The predicted octanol–water partition coefficient (Wildman–Crippen LogP) is 3.95. The predicted molar refractivity (Wildman–Crippen MR) is 75.2 cm³/mol. The first-order chi connectivity index (χ1) is 9.10. The number of aryl methyl sites for hydroxylation is 2. The zero-order valence-electron chi connectivity index (χ0n) is 11.5. The van der Waals surface area contributed by atoms with Gasteiger partial charge in [-0.1, -0.05) is 18.2 Å². The zero-order chi connectivity index (χ0) is 13.8. The number of hydrogen-bond acceptors (Lipinski definition) is 2. The van der Waals surface area contributed by atoms with Crippen LogP contribution in [0.4, 0.5) is 4.39 Å². The Morgan fingerprint density at radius 3 is 2.47 bits per heavy atom. The van der Waals surface area contributed by atoms with Crippen molar-refractivity contribution in [3.63, 3.8) is 0 Å². The zero-order valence-corrected chi connectivity index (χ0v) is 11.5. The molecule has 0 spiro atoms. The lowest BCUT2D eigenvalue weighted by Gasteiger charge is -2.12. The number of benzene rings is 2. The first kappa shape index (κ1) is 13.6. The van der Waals surface area contributed by atoms with Crippen molar-refractivity contribution < 1.29 is 9.13 Å². The third-order valence-corrected chi connectivity index (χ3v) is 2.99. The molecule has 0 heterocycles. The summed E-state index contributed by atoms with van der Waals surface area (Å²) in [5.74, 6) is 1.03. The topological polar surface area (TPSA) is 21.3 Å². The minimum Gasteiger partial charge on any atom is -0.457 e. The van der Waals surface area contributed by atoms with Gasteiger partial charge in [-0.15, -0.1) is 0 Å². The highest BCUT2D eigenvalue weighted by Gasteiger charge is 2.06. The molecule has 0 saturated heterocycles. The molecule has 0 unspecified atom stereocenters. The molecule has 0 radical (unpaired) electrons. The van der Waals surface area contributed by atoms with Crippen LogP contribution in [0.15, 0.2) is 36.4 Å². The number of ether oxygens (including phenoxy) is 1. The highest BCUT2D eigenvalue weighted by Crippen LogP contribution is 2.28. The van der Waals surface area contributed by atoms with Crippen molar-refractivity contribution >= 4 is 0 Å². The maximum absolute atomic E-state index is 13.2. The van der Waals surface area contributed by atoms with Crippen molar-refractivity contribution in [2.24, 2.45) is 0 Å². The number of halogens is 1. The SMILES string of the molecule is CNCc1ccc(Oc2cc(F)ccc2C)c(C)c1. The summed E-state index contributed by atoms with van der Waals surface area (Å²) in [5.41, 5.74) is 3.15. The second-order valence-corrected chi connectivity index (χ2v) is 4.64. The molecule has 2 rings (SSSR count). The summed E-state index contributed by atoms with van der Waals surface area (Å²) in [5, 5.41) is 3.11. The van der Waals surface area contributed by atoms with Crippen LogP contribution in [0.1, 0.15) is 16.7 Å². The van der Waals surface area contributed by atoms with E-state index in [2.05, 4.69) is 11.4 Å². The third kappa shape index (κ3) is 3.32. The van der Waals surface area contributed by atoms with Gasteiger partial charge in [0.1, 0.15) is 17.3 Å². The molecule has 19 heavy (non-hydrogen) atoms. The maximum Gasteiger partial charge on any atom is 0.133 e. The van der Waals surface area contributed by atoms with Gasteiger partial charge < -0.3 is 10.1 Å². The first-order valence-corrected chi connectivity index (χ1v) is 6.28. The normalized spacial score (nSPS) is 10.5. The molecule has 0 fully saturated rings.